The van der Waals surface area contributed by atoms with E-state index in [1.165, 1.54) is 16.4 Å². The molecule has 0 saturated carbocycles. The Kier molecular flexibility index (Phi) is 4.92. The Hall–Kier alpha value is -3.05. The smallest absolute Gasteiger partial charge is 0.293 e. The van der Waals surface area contributed by atoms with Gasteiger partial charge in [0.25, 0.3) is 5.69 Å². The van der Waals surface area contributed by atoms with Crippen molar-refractivity contribution in [2.24, 2.45) is 0 Å². The van der Waals surface area contributed by atoms with E-state index in [2.05, 4.69) is 15.5 Å². The number of hydrogen-bond donors (Lipinski definition) is 1. The molecule has 3 heterocycles. The molecule has 0 amide bonds. The summed E-state index contributed by atoms with van der Waals surface area (Å²) in [5.41, 5.74) is 0.583. The van der Waals surface area contributed by atoms with E-state index in [0.29, 0.717) is 24.6 Å². The van der Waals surface area contributed by atoms with Crippen molar-refractivity contribution >= 4 is 27.0 Å². The fourth-order valence-corrected chi connectivity index (χ4v) is 5.01. The van der Waals surface area contributed by atoms with Crippen molar-refractivity contribution < 1.29 is 13.3 Å². The van der Waals surface area contributed by atoms with Gasteiger partial charge in [-0.3, -0.25) is 14.5 Å². The maximum atomic E-state index is 12.7. The Bertz CT molecular complexity index is 1170. The van der Waals surface area contributed by atoms with Crippen LogP contribution in [0.5, 0.6) is 0 Å². The predicted molar refractivity (Wildman–Crippen MR) is 106 cm³/mol. The van der Waals surface area contributed by atoms with Crippen LogP contribution in [-0.4, -0.2) is 45.3 Å². The zero-order chi connectivity index (χ0) is 20.6. The molecule has 0 aliphatic carbocycles. The summed E-state index contributed by atoms with van der Waals surface area (Å²) in [6.07, 6.45) is 3.40. The second-order valence-corrected chi connectivity index (χ2v) is 8.84. The van der Waals surface area contributed by atoms with Gasteiger partial charge in [0, 0.05) is 25.4 Å². The van der Waals surface area contributed by atoms with Gasteiger partial charge >= 0.3 is 0 Å². The average Bonchev–Trinajstić information content (AvgIpc) is 3.38. The largest absolute Gasteiger partial charge is 0.370 e. The normalized spacial score (nSPS) is 16.2. The fourth-order valence-electron chi connectivity index (χ4n) is 3.48. The highest BCUT2D eigenvalue weighted by Crippen LogP contribution is 2.32. The first-order valence-corrected chi connectivity index (χ1v) is 10.7. The lowest BCUT2D eigenvalue weighted by molar-refractivity contribution is -0.384. The minimum absolute atomic E-state index is 0.0720. The van der Waals surface area contributed by atoms with Crippen LogP contribution in [0.3, 0.4) is 0 Å². The molecular formula is C18H20N6O4S. The van der Waals surface area contributed by atoms with Crippen molar-refractivity contribution in [2.45, 2.75) is 30.7 Å². The Morgan fingerprint density at radius 3 is 2.66 bits per heavy atom. The Morgan fingerprint density at radius 1 is 1.17 bits per heavy atom. The van der Waals surface area contributed by atoms with E-state index in [-0.39, 0.29) is 16.3 Å². The number of fused-ring (bicyclic) bond motifs is 1. The number of nitro benzene ring substituents is 1. The van der Waals surface area contributed by atoms with Crippen LogP contribution in [0, 0.1) is 10.1 Å². The predicted octanol–water partition coefficient (Wildman–Crippen LogP) is 2.60. The Morgan fingerprint density at radius 2 is 1.93 bits per heavy atom. The van der Waals surface area contributed by atoms with Crippen LogP contribution in [0.25, 0.3) is 5.65 Å². The van der Waals surface area contributed by atoms with Crippen LogP contribution in [0.15, 0.2) is 47.5 Å². The number of hydrogen-bond acceptors (Lipinski definition) is 7. The molecule has 1 atom stereocenters. The first-order valence-electron chi connectivity index (χ1n) is 9.23. The summed E-state index contributed by atoms with van der Waals surface area (Å²) >= 11 is 0. The van der Waals surface area contributed by atoms with Gasteiger partial charge in [0.05, 0.1) is 15.9 Å². The standard InChI is InChI=1S/C18H20N6O4S/c1-13(18-21-20-17-6-2-3-11-23(17)18)19-15-8-7-14(12-16(15)24(25)26)29(27,28)22-9-4-5-10-22/h2-3,6-8,11-13,19H,4-5,9-10H2,1H3. The summed E-state index contributed by atoms with van der Waals surface area (Å²) in [6.45, 7) is 2.68. The molecule has 1 aliphatic heterocycles. The van der Waals surface area contributed by atoms with Gasteiger partial charge in [-0.1, -0.05) is 6.07 Å². The van der Waals surface area contributed by atoms with E-state index in [9.17, 15) is 18.5 Å². The van der Waals surface area contributed by atoms with Gasteiger partial charge in [-0.25, -0.2) is 8.42 Å². The van der Waals surface area contributed by atoms with Gasteiger partial charge in [0.15, 0.2) is 11.5 Å². The quantitative estimate of drug-likeness (QED) is 0.484. The van der Waals surface area contributed by atoms with E-state index >= 15 is 0 Å². The molecular weight excluding hydrogens is 396 g/mol. The van der Waals surface area contributed by atoms with Gasteiger partial charge < -0.3 is 5.32 Å². The van der Waals surface area contributed by atoms with Crippen molar-refractivity contribution in [3.8, 4) is 0 Å². The minimum Gasteiger partial charge on any atom is -0.370 e. The summed E-state index contributed by atoms with van der Waals surface area (Å²) in [4.78, 5) is 11.0. The van der Waals surface area contributed by atoms with Gasteiger partial charge in [-0.05, 0) is 44.0 Å². The third-order valence-corrected chi connectivity index (χ3v) is 6.86. The van der Waals surface area contributed by atoms with Crippen molar-refractivity contribution in [1.29, 1.82) is 0 Å². The van der Waals surface area contributed by atoms with Crippen LogP contribution >= 0.6 is 0 Å². The number of anilines is 1. The van der Waals surface area contributed by atoms with Gasteiger partial charge in [-0.15, -0.1) is 10.2 Å². The maximum Gasteiger partial charge on any atom is 0.293 e. The number of nitro groups is 1. The number of nitrogens with one attached hydrogen (secondary N) is 1. The number of sulfonamides is 1. The molecule has 3 aromatic rings. The van der Waals surface area contributed by atoms with Crippen LogP contribution in [-0.2, 0) is 10.0 Å². The van der Waals surface area contributed by atoms with Gasteiger partial charge in [0.1, 0.15) is 5.69 Å². The molecule has 1 aromatic carbocycles. The lowest BCUT2D eigenvalue weighted by atomic mass is 10.2. The first-order chi connectivity index (χ1) is 13.9. The van der Waals surface area contributed by atoms with Gasteiger partial charge in [0.2, 0.25) is 10.0 Å². The van der Waals surface area contributed by atoms with E-state index in [1.54, 1.807) is 4.40 Å². The summed E-state index contributed by atoms with van der Waals surface area (Å²) in [7, 11) is -3.74. The van der Waals surface area contributed by atoms with E-state index in [4.69, 9.17) is 0 Å². The van der Waals surface area contributed by atoms with Crippen LogP contribution < -0.4 is 5.32 Å². The molecule has 152 valence electrons. The average molecular weight is 416 g/mol. The number of aromatic nitrogens is 3. The van der Waals surface area contributed by atoms with E-state index in [0.717, 1.165) is 18.9 Å². The second-order valence-electron chi connectivity index (χ2n) is 6.90. The third kappa shape index (κ3) is 3.54. The van der Waals surface area contributed by atoms with Crippen molar-refractivity contribution in [3.05, 3.63) is 58.5 Å². The zero-order valence-corrected chi connectivity index (χ0v) is 16.5. The second kappa shape index (κ2) is 7.41. The van der Waals surface area contributed by atoms with Crippen LogP contribution in [0.2, 0.25) is 0 Å². The van der Waals surface area contributed by atoms with E-state index in [1.807, 2.05) is 31.3 Å². The van der Waals surface area contributed by atoms with Crippen molar-refractivity contribution in [2.75, 3.05) is 18.4 Å². The summed E-state index contributed by atoms with van der Waals surface area (Å²) in [5, 5.41) is 22.9. The minimum atomic E-state index is -3.74. The molecule has 1 saturated heterocycles. The molecule has 1 aliphatic rings. The highest BCUT2D eigenvalue weighted by Gasteiger charge is 2.30. The molecule has 29 heavy (non-hydrogen) atoms. The van der Waals surface area contributed by atoms with E-state index < -0.39 is 21.0 Å². The fraction of sp³-hybridized carbons (Fsp3) is 0.333. The highest BCUT2D eigenvalue weighted by atomic mass is 32.2. The maximum absolute atomic E-state index is 12.7. The Balaban J connectivity index is 1.66. The summed E-state index contributed by atoms with van der Waals surface area (Å²) < 4.78 is 28.6. The number of nitrogens with zero attached hydrogens (tertiary/aromatic N) is 5. The third-order valence-electron chi connectivity index (χ3n) is 4.97. The molecule has 2 aromatic heterocycles. The van der Waals surface area contributed by atoms with Crippen LogP contribution in [0.1, 0.15) is 31.6 Å². The van der Waals surface area contributed by atoms with Gasteiger partial charge in [-0.2, -0.15) is 4.31 Å². The summed E-state index contributed by atoms with van der Waals surface area (Å²) in [6, 6.07) is 9.04. The monoisotopic (exact) mass is 416 g/mol. The lowest BCUT2D eigenvalue weighted by Crippen LogP contribution is -2.27. The lowest BCUT2D eigenvalue weighted by Gasteiger charge is -2.17. The SMILES string of the molecule is CC(Nc1ccc(S(=O)(=O)N2CCCC2)cc1[N+](=O)[O-])c1nnc2ccccn12. The molecule has 1 fully saturated rings. The zero-order valence-electron chi connectivity index (χ0n) is 15.7. The number of rotatable bonds is 6. The molecule has 1 unspecified atom stereocenters. The Labute approximate surface area is 167 Å². The molecule has 10 nitrogen and oxygen atoms in total. The molecule has 0 spiro atoms. The van der Waals surface area contributed by atoms with Crippen molar-refractivity contribution in [3.63, 3.8) is 0 Å². The topological polar surface area (TPSA) is 123 Å². The summed E-state index contributed by atoms with van der Waals surface area (Å²) in [5.74, 6) is 0.587. The van der Waals surface area contributed by atoms with Crippen molar-refractivity contribution in [1.82, 2.24) is 18.9 Å². The first kappa shape index (κ1) is 19.3. The van der Waals surface area contributed by atoms with Crippen LogP contribution in [0.4, 0.5) is 11.4 Å². The molecule has 11 heteroatoms. The number of benzene rings is 1. The molecule has 0 radical (unpaired) electrons. The highest BCUT2D eigenvalue weighted by molar-refractivity contribution is 7.89. The molecule has 4 rings (SSSR count). The molecule has 1 N–H and O–H groups in total. The molecule has 0 bridgehead atoms. The number of pyridine rings is 1.